The van der Waals surface area contributed by atoms with Crippen molar-refractivity contribution >= 4 is 35.3 Å². The Bertz CT molecular complexity index is 2200. The lowest BCUT2D eigenvalue weighted by Gasteiger charge is -2.30. The average molecular weight is 793 g/mol. The highest BCUT2D eigenvalue weighted by Crippen LogP contribution is 2.34. The zero-order valence-corrected chi connectivity index (χ0v) is 33.8. The molecule has 14 nitrogen and oxygen atoms in total. The third-order valence-electron chi connectivity index (χ3n) is 10.2. The number of hydrogen-bond acceptors (Lipinski definition) is 9. The number of aromatic amines is 2. The Balaban J connectivity index is 1.06. The van der Waals surface area contributed by atoms with Crippen molar-refractivity contribution in [3.8, 4) is 45.4 Å². The van der Waals surface area contributed by atoms with Crippen LogP contribution in [0.1, 0.15) is 87.7 Å². The highest BCUT2D eigenvalue weighted by Gasteiger charge is 2.39. The molecule has 0 unspecified atom stereocenters. The van der Waals surface area contributed by atoms with Crippen molar-refractivity contribution in [2.24, 2.45) is 11.8 Å². The summed E-state index contributed by atoms with van der Waals surface area (Å²) >= 11 is 1.58. The molecule has 0 saturated carbocycles. The molecule has 15 heteroatoms. The SMILES string of the molecule is COC(=O)N[C@H](C(=O)N1CCC[C@H]1c1ncc(C#CC#Cc2ccc(-c3ccc(-c4cnc([C@@H]5CCCN5C(=O)[C@@H](NC(=O)OC)C(C)C)[nH]4)cc3)s2)[nH]1)C(C)C. The lowest BCUT2D eigenvalue weighted by molar-refractivity contribution is -0.136. The number of methoxy groups -OCH3 is 2. The fourth-order valence-electron chi connectivity index (χ4n) is 7.17. The molecule has 2 aliphatic heterocycles. The quantitative estimate of drug-likeness (QED) is 0.141. The molecule has 0 bridgehead atoms. The van der Waals surface area contributed by atoms with Gasteiger partial charge in [0.2, 0.25) is 11.8 Å². The van der Waals surface area contributed by atoms with Gasteiger partial charge in [-0.3, -0.25) is 9.59 Å². The highest BCUT2D eigenvalue weighted by molar-refractivity contribution is 7.16. The van der Waals surface area contributed by atoms with Crippen LogP contribution in [-0.4, -0.2) is 93.1 Å². The molecule has 57 heavy (non-hydrogen) atoms. The van der Waals surface area contributed by atoms with E-state index >= 15 is 0 Å². The highest BCUT2D eigenvalue weighted by atomic mass is 32.1. The van der Waals surface area contributed by atoms with Gasteiger partial charge in [0.05, 0.1) is 49.3 Å². The van der Waals surface area contributed by atoms with Crippen molar-refractivity contribution in [3.05, 3.63) is 71.0 Å². The first-order valence-corrected chi connectivity index (χ1v) is 19.9. The molecule has 2 saturated heterocycles. The molecule has 0 spiro atoms. The third kappa shape index (κ3) is 9.50. The second kappa shape index (κ2) is 18.3. The normalized spacial score (nSPS) is 17.3. The zero-order valence-electron chi connectivity index (χ0n) is 33.0. The van der Waals surface area contributed by atoms with E-state index in [0.717, 1.165) is 58.1 Å². The van der Waals surface area contributed by atoms with Crippen molar-refractivity contribution in [2.45, 2.75) is 77.5 Å². The van der Waals surface area contributed by atoms with E-state index in [1.54, 1.807) is 33.5 Å². The van der Waals surface area contributed by atoms with Gasteiger partial charge in [-0.05, 0) is 84.5 Å². The summed E-state index contributed by atoms with van der Waals surface area (Å²) in [5.41, 5.74) is 3.48. The minimum atomic E-state index is -0.700. The first-order valence-electron chi connectivity index (χ1n) is 19.1. The fraction of sp³-hybridized carbons (Fsp3) is 0.429. The van der Waals surface area contributed by atoms with Crippen LogP contribution in [0.3, 0.4) is 0 Å². The van der Waals surface area contributed by atoms with Gasteiger partial charge in [-0.2, -0.15) is 0 Å². The van der Waals surface area contributed by atoms with E-state index in [2.05, 4.69) is 66.4 Å². The van der Waals surface area contributed by atoms with E-state index in [-0.39, 0.29) is 35.7 Å². The summed E-state index contributed by atoms with van der Waals surface area (Å²) in [4.78, 5) is 72.1. The number of alkyl carbamates (subject to hydrolysis) is 2. The Hall–Kier alpha value is -6.06. The number of ether oxygens (including phenoxy) is 2. The number of carbonyl (C=O) groups is 4. The van der Waals surface area contributed by atoms with Crippen LogP contribution < -0.4 is 10.6 Å². The second-order valence-corrected chi connectivity index (χ2v) is 15.8. The van der Waals surface area contributed by atoms with Crippen molar-refractivity contribution in [1.82, 2.24) is 40.4 Å². The molecule has 4 amide bonds. The lowest BCUT2D eigenvalue weighted by Crippen LogP contribution is -2.51. The van der Waals surface area contributed by atoms with E-state index in [1.807, 2.05) is 52.0 Å². The molecular weight excluding hydrogens is 745 g/mol. The summed E-state index contributed by atoms with van der Waals surface area (Å²) in [6, 6.07) is 10.4. The molecule has 5 heterocycles. The number of amides is 4. The summed E-state index contributed by atoms with van der Waals surface area (Å²) < 4.78 is 9.47. The number of imidazole rings is 2. The Morgan fingerprint density at radius 1 is 0.737 bits per heavy atom. The monoisotopic (exact) mass is 792 g/mol. The largest absolute Gasteiger partial charge is 0.453 e. The zero-order chi connectivity index (χ0) is 40.6. The molecule has 4 N–H and O–H groups in total. The summed E-state index contributed by atoms with van der Waals surface area (Å²) in [5, 5.41) is 5.35. The molecule has 0 radical (unpaired) electrons. The van der Waals surface area contributed by atoms with Gasteiger partial charge < -0.3 is 39.9 Å². The molecule has 4 aromatic rings. The maximum atomic E-state index is 13.5. The minimum absolute atomic E-state index is 0.106. The molecule has 6 rings (SSSR count). The van der Waals surface area contributed by atoms with Crippen LogP contribution in [0.15, 0.2) is 48.8 Å². The molecule has 2 fully saturated rings. The number of benzene rings is 1. The maximum absolute atomic E-state index is 13.5. The first-order chi connectivity index (χ1) is 27.5. The van der Waals surface area contributed by atoms with Crippen molar-refractivity contribution in [1.29, 1.82) is 0 Å². The molecule has 2 aliphatic rings. The Morgan fingerprint density at radius 2 is 1.26 bits per heavy atom. The predicted octanol–water partition coefficient (Wildman–Crippen LogP) is 6.02. The Morgan fingerprint density at radius 3 is 1.82 bits per heavy atom. The summed E-state index contributed by atoms with van der Waals surface area (Å²) in [6.45, 7) is 8.73. The van der Waals surface area contributed by atoms with Gasteiger partial charge in [-0.25, -0.2) is 19.6 Å². The number of H-pyrrole nitrogens is 2. The smallest absolute Gasteiger partial charge is 0.407 e. The van der Waals surface area contributed by atoms with E-state index in [9.17, 15) is 19.2 Å². The van der Waals surface area contributed by atoms with Crippen LogP contribution in [-0.2, 0) is 19.1 Å². The van der Waals surface area contributed by atoms with E-state index in [1.165, 1.54) is 14.2 Å². The van der Waals surface area contributed by atoms with Crippen LogP contribution in [0.2, 0.25) is 0 Å². The van der Waals surface area contributed by atoms with Gasteiger partial charge >= 0.3 is 12.2 Å². The fourth-order valence-corrected chi connectivity index (χ4v) is 8.04. The Kier molecular flexibility index (Phi) is 13.0. The average Bonchev–Trinajstić information content (AvgIpc) is 4.06. The number of thiophene rings is 1. The van der Waals surface area contributed by atoms with Crippen molar-refractivity contribution in [2.75, 3.05) is 27.3 Å². The number of likely N-dealkylation sites (tertiary alicyclic amines) is 2. The molecule has 1 aromatic carbocycles. The van der Waals surface area contributed by atoms with Gasteiger partial charge in [-0.1, -0.05) is 52.0 Å². The number of nitrogens with zero attached hydrogens (tertiary/aromatic N) is 4. The summed E-state index contributed by atoms with van der Waals surface area (Å²) in [5.74, 6) is 12.8. The van der Waals surface area contributed by atoms with E-state index < -0.39 is 24.3 Å². The van der Waals surface area contributed by atoms with Crippen LogP contribution >= 0.6 is 11.3 Å². The van der Waals surface area contributed by atoms with Gasteiger partial charge in [-0.15, -0.1) is 11.3 Å². The lowest BCUT2D eigenvalue weighted by atomic mass is 10.0. The van der Waals surface area contributed by atoms with Gasteiger partial charge in [0.25, 0.3) is 0 Å². The van der Waals surface area contributed by atoms with Gasteiger partial charge in [0.1, 0.15) is 29.4 Å². The first kappa shape index (κ1) is 40.6. The molecule has 4 atom stereocenters. The van der Waals surface area contributed by atoms with Crippen LogP contribution in [0, 0.1) is 35.5 Å². The van der Waals surface area contributed by atoms with Crippen LogP contribution in [0.4, 0.5) is 9.59 Å². The van der Waals surface area contributed by atoms with Crippen LogP contribution in [0.5, 0.6) is 0 Å². The second-order valence-electron chi connectivity index (χ2n) is 14.7. The maximum Gasteiger partial charge on any atom is 0.407 e. The number of aromatic nitrogens is 4. The topological polar surface area (TPSA) is 175 Å². The van der Waals surface area contributed by atoms with Crippen molar-refractivity contribution in [3.63, 3.8) is 0 Å². The van der Waals surface area contributed by atoms with E-state index in [0.29, 0.717) is 24.6 Å². The van der Waals surface area contributed by atoms with Gasteiger partial charge in [0, 0.05) is 18.0 Å². The number of nitrogens with one attached hydrogen (secondary N) is 4. The van der Waals surface area contributed by atoms with Gasteiger partial charge in [0.15, 0.2) is 0 Å². The van der Waals surface area contributed by atoms with Crippen LogP contribution in [0.25, 0.3) is 21.7 Å². The van der Waals surface area contributed by atoms with E-state index in [4.69, 9.17) is 9.47 Å². The number of hydrogen-bond donors (Lipinski definition) is 4. The summed E-state index contributed by atoms with van der Waals surface area (Å²) in [7, 11) is 2.56. The van der Waals surface area contributed by atoms with Crippen molar-refractivity contribution < 1.29 is 28.7 Å². The minimum Gasteiger partial charge on any atom is -0.453 e. The number of rotatable bonds is 10. The standard InChI is InChI=1S/C42H48N8O6S/c1-25(2)35(47-41(53)55-5)39(51)49-21-9-13-32(49)37-43-23-29(45-37)11-7-8-12-30-19-20-34(57-30)28-17-15-27(16-18-28)31-24-44-38(46-31)33-14-10-22-50(33)40(52)36(26(3)4)48-42(54)56-6/h15-20,23-26,32-33,35-36H,9-10,13-14,21-22H2,1-6H3,(H,43,45)(H,44,46)(H,47,53)(H,48,54)/t32-,33-,35-,36-/m0/s1. The molecule has 298 valence electrons. The molecule has 0 aliphatic carbocycles. The molecular formula is C42H48N8O6S. The Labute approximate surface area is 336 Å². The third-order valence-corrected chi connectivity index (χ3v) is 11.3. The number of carbonyl (C=O) groups excluding carboxylic acids is 4. The molecule has 3 aromatic heterocycles. The summed E-state index contributed by atoms with van der Waals surface area (Å²) in [6.07, 6.45) is 5.38. The predicted molar refractivity (Wildman–Crippen MR) is 215 cm³/mol.